The number of nitrogens with one attached hydrogen (secondary N) is 1. The Hall–Kier alpha value is -0.550. The van der Waals surface area contributed by atoms with Crippen LogP contribution in [0.15, 0.2) is 4.52 Å². The summed E-state index contributed by atoms with van der Waals surface area (Å²) in [5, 5.41) is 8.63. The zero-order valence-corrected chi connectivity index (χ0v) is 12.0. The summed E-state index contributed by atoms with van der Waals surface area (Å²) in [4.78, 5) is 4.63. The fraction of sp³-hybridized carbons (Fsp3) is 0.857. The molecule has 2 bridgehead atoms. The van der Waals surface area contributed by atoms with Crippen molar-refractivity contribution in [2.45, 2.75) is 74.0 Å². The Kier molecular flexibility index (Phi) is 3.27. The summed E-state index contributed by atoms with van der Waals surface area (Å²) >= 11 is 2.01. The molecule has 1 aromatic heterocycles. The molecule has 1 aromatic rings. The van der Waals surface area contributed by atoms with Crippen LogP contribution in [0.25, 0.3) is 0 Å². The van der Waals surface area contributed by atoms with Crippen molar-refractivity contribution in [1.82, 2.24) is 15.5 Å². The Labute approximate surface area is 118 Å². The number of fused-ring (bicyclic) bond motifs is 2. The van der Waals surface area contributed by atoms with Crippen molar-refractivity contribution in [3.05, 3.63) is 11.7 Å². The van der Waals surface area contributed by atoms with Crippen molar-refractivity contribution in [3.8, 4) is 0 Å². The van der Waals surface area contributed by atoms with Gasteiger partial charge in [-0.25, -0.2) is 0 Å². The first-order valence-corrected chi connectivity index (χ1v) is 8.63. The summed E-state index contributed by atoms with van der Waals surface area (Å²) in [6, 6.07) is 1.28. The van der Waals surface area contributed by atoms with Gasteiger partial charge in [-0.1, -0.05) is 18.0 Å². The molecule has 0 amide bonds. The summed E-state index contributed by atoms with van der Waals surface area (Å²) in [7, 11) is 0. The lowest BCUT2D eigenvalue weighted by Gasteiger charge is -2.15. The van der Waals surface area contributed by atoms with Gasteiger partial charge in [0.25, 0.3) is 0 Å². The standard InChI is InChI=1S/C14H21N3OS/c1-2-4-10(3-1)19-8-13-16-14(18-17-13)11-7-9-5-6-12(11)15-9/h9-12,15H,1-8H2. The van der Waals surface area contributed by atoms with Crippen LogP contribution in [0.3, 0.4) is 0 Å². The maximum atomic E-state index is 5.50. The van der Waals surface area contributed by atoms with Crippen LogP contribution in [0.4, 0.5) is 0 Å². The van der Waals surface area contributed by atoms with Gasteiger partial charge >= 0.3 is 0 Å². The van der Waals surface area contributed by atoms with Crippen LogP contribution < -0.4 is 5.32 Å². The van der Waals surface area contributed by atoms with E-state index in [1.165, 1.54) is 44.9 Å². The first-order chi connectivity index (χ1) is 9.38. The van der Waals surface area contributed by atoms with Crippen LogP contribution >= 0.6 is 11.8 Å². The third-order valence-electron chi connectivity index (χ3n) is 4.85. The molecule has 4 rings (SSSR count). The lowest BCUT2D eigenvalue weighted by Crippen LogP contribution is -2.21. The molecular formula is C14H21N3OS. The lowest BCUT2D eigenvalue weighted by atomic mass is 9.89. The normalized spacial score (nSPS) is 34.4. The molecule has 3 fully saturated rings. The Bertz CT molecular complexity index is 444. The van der Waals surface area contributed by atoms with Gasteiger partial charge in [-0.05, 0) is 32.1 Å². The fourth-order valence-corrected chi connectivity index (χ4v) is 4.99. The minimum Gasteiger partial charge on any atom is -0.339 e. The van der Waals surface area contributed by atoms with E-state index in [4.69, 9.17) is 4.52 Å². The van der Waals surface area contributed by atoms with Crippen molar-refractivity contribution in [3.63, 3.8) is 0 Å². The summed E-state index contributed by atoms with van der Waals surface area (Å²) in [5.74, 6) is 3.16. The molecule has 0 spiro atoms. The largest absolute Gasteiger partial charge is 0.339 e. The molecule has 104 valence electrons. The SMILES string of the molecule is C1CCC(SCc2noc(C3CC4CCC3N4)n2)C1. The summed E-state index contributed by atoms with van der Waals surface area (Å²) < 4.78 is 5.50. The predicted octanol–water partition coefficient (Wildman–Crippen LogP) is 2.85. The maximum Gasteiger partial charge on any atom is 0.231 e. The highest BCUT2D eigenvalue weighted by atomic mass is 32.2. The van der Waals surface area contributed by atoms with Gasteiger partial charge in [0.2, 0.25) is 5.89 Å². The monoisotopic (exact) mass is 279 g/mol. The minimum atomic E-state index is 0.469. The second-order valence-electron chi connectivity index (χ2n) is 6.16. The highest BCUT2D eigenvalue weighted by Gasteiger charge is 2.42. The van der Waals surface area contributed by atoms with E-state index in [-0.39, 0.29) is 0 Å². The van der Waals surface area contributed by atoms with Crippen molar-refractivity contribution < 1.29 is 4.52 Å². The molecule has 3 heterocycles. The van der Waals surface area contributed by atoms with Crippen LogP contribution in [-0.4, -0.2) is 27.5 Å². The predicted molar refractivity (Wildman–Crippen MR) is 75.2 cm³/mol. The molecule has 2 aliphatic heterocycles. The molecule has 3 atom stereocenters. The molecule has 2 saturated heterocycles. The molecule has 1 aliphatic carbocycles. The van der Waals surface area contributed by atoms with E-state index in [1.807, 2.05) is 11.8 Å². The molecular weight excluding hydrogens is 258 g/mol. The van der Waals surface area contributed by atoms with Gasteiger partial charge in [0.1, 0.15) is 0 Å². The van der Waals surface area contributed by atoms with Gasteiger partial charge in [-0.2, -0.15) is 16.7 Å². The van der Waals surface area contributed by atoms with Gasteiger partial charge < -0.3 is 9.84 Å². The average Bonchev–Trinajstić information content (AvgIpc) is 3.19. The molecule has 1 saturated carbocycles. The minimum absolute atomic E-state index is 0.469. The quantitative estimate of drug-likeness (QED) is 0.918. The van der Waals surface area contributed by atoms with Gasteiger partial charge in [0.05, 0.1) is 11.7 Å². The Balaban J connectivity index is 1.36. The third kappa shape index (κ3) is 2.42. The fourth-order valence-electron chi connectivity index (χ4n) is 3.82. The van der Waals surface area contributed by atoms with Crippen LogP contribution in [-0.2, 0) is 5.75 Å². The maximum absolute atomic E-state index is 5.50. The first kappa shape index (κ1) is 12.2. The van der Waals surface area contributed by atoms with Crippen molar-refractivity contribution in [2.75, 3.05) is 0 Å². The molecule has 3 aliphatic rings. The Morgan fingerprint density at radius 2 is 2.11 bits per heavy atom. The number of thioether (sulfide) groups is 1. The van der Waals surface area contributed by atoms with Crippen molar-refractivity contribution >= 4 is 11.8 Å². The molecule has 5 heteroatoms. The Morgan fingerprint density at radius 3 is 2.84 bits per heavy atom. The van der Waals surface area contributed by atoms with Crippen LogP contribution in [0.1, 0.15) is 62.6 Å². The number of rotatable bonds is 4. The molecule has 0 aromatic carbocycles. The zero-order valence-electron chi connectivity index (χ0n) is 11.2. The number of nitrogens with zero attached hydrogens (tertiary/aromatic N) is 2. The third-order valence-corrected chi connectivity index (χ3v) is 6.22. The highest BCUT2D eigenvalue weighted by Crippen LogP contribution is 2.39. The number of aromatic nitrogens is 2. The summed E-state index contributed by atoms with van der Waals surface area (Å²) in [5.41, 5.74) is 0. The van der Waals surface area contributed by atoms with E-state index in [0.29, 0.717) is 18.0 Å². The van der Waals surface area contributed by atoms with Gasteiger partial charge in [0, 0.05) is 17.3 Å². The van der Waals surface area contributed by atoms with Gasteiger partial charge in [-0.15, -0.1) is 0 Å². The number of hydrogen-bond acceptors (Lipinski definition) is 5. The van der Waals surface area contributed by atoms with Gasteiger partial charge in [-0.3, -0.25) is 0 Å². The van der Waals surface area contributed by atoms with E-state index in [9.17, 15) is 0 Å². The Morgan fingerprint density at radius 1 is 1.21 bits per heavy atom. The van der Waals surface area contributed by atoms with E-state index in [1.54, 1.807) is 0 Å². The topological polar surface area (TPSA) is 51.0 Å². The van der Waals surface area contributed by atoms with E-state index >= 15 is 0 Å². The van der Waals surface area contributed by atoms with E-state index < -0.39 is 0 Å². The second-order valence-corrected chi connectivity index (χ2v) is 7.44. The summed E-state index contributed by atoms with van der Waals surface area (Å²) in [6.45, 7) is 0. The number of hydrogen-bond donors (Lipinski definition) is 1. The zero-order chi connectivity index (χ0) is 12.7. The summed E-state index contributed by atoms with van der Waals surface area (Å²) in [6.07, 6.45) is 9.29. The molecule has 19 heavy (non-hydrogen) atoms. The lowest BCUT2D eigenvalue weighted by molar-refractivity contribution is 0.327. The van der Waals surface area contributed by atoms with Gasteiger partial charge in [0.15, 0.2) is 5.82 Å². The molecule has 1 N–H and O–H groups in total. The van der Waals surface area contributed by atoms with E-state index in [0.717, 1.165) is 22.7 Å². The average molecular weight is 279 g/mol. The molecule has 4 nitrogen and oxygen atoms in total. The van der Waals surface area contributed by atoms with Crippen LogP contribution in [0.5, 0.6) is 0 Å². The smallest absolute Gasteiger partial charge is 0.231 e. The molecule has 3 unspecified atom stereocenters. The van der Waals surface area contributed by atoms with Crippen molar-refractivity contribution in [1.29, 1.82) is 0 Å². The molecule has 0 radical (unpaired) electrons. The first-order valence-electron chi connectivity index (χ1n) is 7.58. The highest BCUT2D eigenvalue weighted by molar-refractivity contribution is 7.99. The van der Waals surface area contributed by atoms with Crippen molar-refractivity contribution in [2.24, 2.45) is 0 Å². The second kappa shape index (κ2) is 5.09. The van der Waals surface area contributed by atoms with Crippen LogP contribution in [0, 0.1) is 0 Å². The van der Waals surface area contributed by atoms with Crippen LogP contribution in [0.2, 0.25) is 0 Å². The van der Waals surface area contributed by atoms with E-state index in [2.05, 4.69) is 15.5 Å².